The van der Waals surface area contributed by atoms with Crippen molar-refractivity contribution >= 4 is 23.2 Å². The number of ether oxygens (including phenoxy) is 1. The predicted octanol–water partition coefficient (Wildman–Crippen LogP) is 3.50. The molecule has 0 aliphatic carbocycles. The Morgan fingerprint density at radius 3 is 2.47 bits per heavy atom. The number of allylic oxidation sites excluding steroid dienone is 1. The highest BCUT2D eigenvalue weighted by Gasteiger charge is 2.15. The molecule has 0 bridgehead atoms. The largest absolute Gasteiger partial charge is 0.497 e. The first-order chi connectivity index (χ1) is 9.12. The highest BCUT2D eigenvalue weighted by Crippen LogP contribution is 2.16. The first kappa shape index (κ1) is 15.1. The van der Waals surface area contributed by atoms with E-state index in [0.29, 0.717) is 29.5 Å². The van der Waals surface area contributed by atoms with Crippen LogP contribution in [-0.2, 0) is 9.53 Å². The molecule has 100 valence electrons. The molecule has 19 heavy (non-hydrogen) atoms. The summed E-state index contributed by atoms with van der Waals surface area (Å²) in [4.78, 5) is 12.0. The molecule has 0 atom stereocenters. The minimum absolute atomic E-state index is 0.000648. The second-order valence-electron chi connectivity index (χ2n) is 3.66. The minimum atomic E-state index is -0.477. The molecule has 0 heterocycles. The number of carbonyl (C=O) groups is 1. The van der Waals surface area contributed by atoms with Crippen molar-refractivity contribution < 1.29 is 9.53 Å². The fourth-order valence-electron chi connectivity index (χ4n) is 1.49. The maximum Gasteiger partial charge on any atom is 0.269 e. The summed E-state index contributed by atoms with van der Waals surface area (Å²) in [5, 5.41) is 12.3. The van der Waals surface area contributed by atoms with Crippen LogP contribution in [0.4, 0.5) is 5.69 Å². The molecule has 4 nitrogen and oxygen atoms in total. The van der Waals surface area contributed by atoms with Crippen LogP contribution in [0.15, 0.2) is 35.6 Å². The Balaban J connectivity index is 2.91. The molecular weight excluding hydrogens is 264 g/mol. The van der Waals surface area contributed by atoms with Gasteiger partial charge in [-0.25, -0.2) is 0 Å². The van der Waals surface area contributed by atoms with Crippen molar-refractivity contribution in [3.8, 4) is 6.07 Å². The second kappa shape index (κ2) is 7.45. The Morgan fingerprint density at radius 2 is 2.00 bits per heavy atom. The number of hydrogen-bond donors (Lipinski definition) is 1. The Morgan fingerprint density at radius 1 is 1.37 bits per heavy atom. The van der Waals surface area contributed by atoms with Crippen molar-refractivity contribution in [2.75, 3.05) is 11.9 Å². The Labute approximate surface area is 117 Å². The lowest BCUT2D eigenvalue weighted by Crippen LogP contribution is -2.16. The Hall–Kier alpha value is -1.99. The first-order valence-electron chi connectivity index (χ1n) is 5.95. The van der Waals surface area contributed by atoms with Gasteiger partial charge in [-0.2, -0.15) is 5.26 Å². The minimum Gasteiger partial charge on any atom is -0.497 e. The van der Waals surface area contributed by atoms with Gasteiger partial charge in [0.05, 0.1) is 6.61 Å². The molecule has 0 spiro atoms. The van der Waals surface area contributed by atoms with E-state index in [4.69, 9.17) is 21.6 Å². The highest BCUT2D eigenvalue weighted by molar-refractivity contribution is 6.30. The van der Waals surface area contributed by atoms with Crippen molar-refractivity contribution in [1.82, 2.24) is 0 Å². The van der Waals surface area contributed by atoms with Gasteiger partial charge in [-0.05, 0) is 31.2 Å². The van der Waals surface area contributed by atoms with E-state index in [0.717, 1.165) is 0 Å². The van der Waals surface area contributed by atoms with E-state index in [1.54, 1.807) is 24.3 Å². The monoisotopic (exact) mass is 278 g/mol. The molecule has 0 aromatic heterocycles. The number of halogens is 1. The maximum atomic E-state index is 12.0. The lowest BCUT2D eigenvalue weighted by atomic mass is 10.2. The summed E-state index contributed by atoms with van der Waals surface area (Å²) in [6.45, 7) is 4.06. The van der Waals surface area contributed by atoms with Gasteiger partial charge >= 0.3 is 0 Å². The van der Waals surface area contributed by atoms with Gasteiger partial charge in [-0.1, -0.05) is 18.5 Å². The lowest BCUT2D eigenvalue weighted by Gasteiger charge is -2.10. The topological polar surface area (TPSA) is 62.1 Å². The van der Waals surface area contributed by atoms with Crippen molar-refractivity contribution in [2.45, 2.75) is 20.3 Å². The number of nitrogens with one attached hydrogen (secondary N) is 1. The third-order valence-electron chi connectivity index (χ3n) is 2.36. The molecule has 1 N–H and O–H groups in total. The molecular formula is C14H15ClN2O2. The zero-order valence-electron chi connectivity index (χ0n) is 10.9. The van der Waals surface area contributed by atoms with Crippen LogP contribution in [0.2, 0.25) is 5.02 Å². The first-order valence-corrected chi connectivity index (χ1v) is 6.33. The van der Waals surface area contributed by atoms with Gasteiger partial charge in [0.1, 0.15) is 11.8 Å². The van der Waals surface area contributed by atoms with E-state index in [9.17, 15) is 4.79 Å². The smallest absolute Gasteiger partial charge is 0.269 e. The molecule has 1 aromatic rings. The number of rotatable bonds is 5. The van der Waals surface area contributed by atoms with Crippen LogP contribution >= 0.6 is 11.6 Å². The normalized spacial score (nSPS) is 11.3. The number of amides is 1. The van der Waals surface area contributed by atoms with Crippen molar-refractivity contribution in [2.24, 2.45) is 0 Å². The van der Waals surface area contributed by atoms with E-state index in [1.165, 1.54) is 0 Å². The summed E-state index contributed by atoms with van der Waals surface area (Å²) in [6, 6.07) is 8.55. The summed E-state index contributed by atoms with van der Waals surface area (Å²) >= 11 is 5.76. The van der Waals surface area contributed by atoms with E-state index < -0.39 is 5.91 Å². The van der Waals surface area contributed by atoms with Crippen LogP contribution in [0, 0.1) is 11.3 Å². The van der Waals surface area contributed by atoms with Gasteiger partial charge in [-0.15, -0.1) is 0 Å². The summed E-state index contributed by atoms with van der Waals surface area (Å²) < 4.78 is 5.30. The van der Waals surface area contributed by atoms with E-state index in [2.05, 4.69) is 5.32 Å². The zero-order chi connectivity index (χ0) is 14.3. The molecule has 0 fully saturated rings. The average Bonchev–Trinajstić information content (AvgIpc) is 2.41. The Bertz CT molecular complexity index is 515. The van der Waals surface area contributed by atoms with Gasteiger partial charge in [-0.3, -0.25) is 4.79 Å². The molecule has 1 aromatic carbocycles. The van der Waals surface area contributed by atoms with Crippen LogP contribution in [0.5, 0.6) is 0 Å². The number of hydrogen-bond acceptors (Lipinski definition) is 3. The van der Waals surface area contributed by atoms with Crippen LogP contribution in [-0.4, -0.2) is 12.5 Å². The predicted molar refractivity (Wildman–Crippen MR) is 74.6 cm³/mol. The maximum absolute atomic E-state index is 12.0. The standard InChI is InChI=1S/C14H15ClN2O2/c1-3-13(19-4-2)12(9-16)14(18)17-11-7-5-10(15)6-8-11/h5-8H,3-4H2,1-2H3,(H,17,18). The second-order valence-corrected chi connectivity index (χ2v) is 4.09. The SMILES string of the molecule is CCOC(CC)=C(C#N)C(=O)Nc1ccc(Cl)cc1. The number of nitrogens with zero attached hydrogens (tertiary/aromatic N) is 1. The molecule has 0 radical (unpaired) electrons. The fourth-order valence-corrected chi connectivity index (χ4v) is 1.62. The highest BCUT2D eigenvalue weighted by atomic mass is 35.5. The van der Waals surface area contributed by atoms with E-state index >= 15 is 0 Å². The number of anilines is 1. The Kier molecular flexibility index (Phi) is 5.91. The molecule has 0 aliphatic rings. The van der Waals surface area contributed by atoms with Gasteiger partial charge in [0.15, 0.2) is 5.57 Å². The number of carbonyl (C=O) groups excluding carboxylic acids is 1. The van der Waals surface area contributed by atoms with Crippen molar-refractivity contribution in [3.63, 3.8) is 0 Å². The molecule has 0 saturated carbocycles. The molecule has 0 saturated heterocycles. The van der Waals surface area contributed by atoms with Crippen molar-refractivity contribution in [1.29, 1.82) is 5.26 Å². The number of benzene rings is 1. The quantitative estimate of drug-likeness (QED) is 0.509. The molecule has 5 heteroatoms. The fraction of sp³-hybridized carbons (Fsp3) is 0.286. The van der Waals surface area contributed by atoms with Crippen LogP contribution < -0.4 is 5.32 Å². The van der Waals surface area contributed by atoms with Gasteiger partial charge in [0, 0.05) is 17.1 Å². The summed E-state index contributed by atoms with van der Waals surface area (Å²) in [5.74, 6) is -0.0772. The molecule has 0 aliphatic heterocycles. The van der Waals surface area contributed by atoms with Gasteiger partial charge < -0.3 is 10.1 Å². The van der Waals surface area contributed by atoms with E-state index in [-0.39, 0.29) is 5.57 Å². The van der Waals surface area contributed by atoms with Crippen LogP contribution in [0.3, 0.4) is 0 Å². The van der Waals surface area contributed by atoms with Crippen LogP contribution in [0.25, 0.3) is 0 Å². The zero-order valence-corrected chi connectivity index (χ0v) is 11.6. The third kappa shape index (κ3) is 4.31. The lowest BCUT2D eigenvalue weighted by molar-refractivity contribution is -0.112. The molecule has 1 amide bonds. The molecule has 0 unspecified atom stereocenters. The van der Waals surface area contributed by atoms with Gasteiger partial charge in [0.25, 0.3) is 5.91 Å². The molecule has 1 rings (SSSR count). The summed E-state index contributed by atoms with van der Waals surface area (Å²) in [5.41, 5.74) is 0.577. The summed E-state index contributed by atoms with van der Waals surface area (Å²) in [6.07, 6.45) is 0.491. The summed E-state index contributed by atoms with van der Waals surface area (Å²) in [7, 11) is 0. The third-order valence-corrected chi connectivity index (χ3v) is 2.61. The number of nitriles is 1. The van der Waals surface area contributed by atoms with Crippen LogP contribution in [0.1, 0.15) is 20.3 Å². The van der Waals surface area contributed by atoms with Gasteiger partial charge in [0.2, 0.25) is 0 Å². The van der Waals surface area contributed by atoms with Crippen molar-refractivity contribution in [3.05, 3.63) is 40.6 Å². The average molecular weight is 279 g/mol. The van der Waals surface area contributed by atoms with E-state index in [1.807, 2.05) is 19.9 Å².